The van der Waals surface area contributed by atoms with Crippen LogP contribution in [0.15, 0.2) is 78.9 Å². The molecule has 1 unspecified atom stereocenters. The summed E-state index contributed by atoms with van der Waals surface area (Å²) in [7, 11) is 0. The first-order chi connectivity index (χ1) is 15.0. The third kappa shape index (κ3) is 7.28. The Bertz CT molecular complexity index is 1070. The Morgan fingerprint density at radius 3 is 1.97 bits per heavy atom. The van der Waals surface area contributed by atoms with Gasteiger partial charge in [-0.3, -0.25) is 9.59 Å². The third-order valence-corrected chi connectivity index (χ3v) is 4.99. The van der Waals surface area contributed by atoms with Gasteiger partial charge in [0, 0.05) is 36.1 Å². The first kappa shape index (κ1) is 22.1. The number of nitrogens with one attached hydrogen (secondary N) is 1. The van der Waals surface area contributed by atoms with E-state index in [0.717, 1.165) is 35.1 Å². The van der Waals surface area contributed by atoms with Gasteiger partial charge in [0.15, 0.2) is 5.78 Å². The fraction of sp³-hybridized carbons (Fsp3) is 0.214. The highest BCUT2D eigenvalue weighted by Gasteiger charge is 2.06. The van der Waals surface area contributed by atoms with E-state index in [1.165, 1.54) is 12.5 Å². The molecular formula is C28H27NO2. The van der Waals surface area contributed by atoms with E-state index in [4.69, 9.17) is 0 Å². The minimum Gasteiger partial charge on any atom is -0.354 e. The van der Waals surface area contributed by atoms with Crippen molar-refractivity contribution in [3.05, 3.63) is 107 Å². The van der Waals surface area contributed by atoms with Crippen molar-refractivity contribution in [1.29, 1.82) is 0 Å². The van der Waals surface area contributed by atoms with Crippen molar-refractivity contribution >= 4 is 11.7 Å². The molecule has 0 bridgehead atoms. The Kier molecular flexibility index (Phi) is 7.79. The lowest BCUT2D eigenvalue weighted by Crippen LogP contribution is -2.31. The molecule has 0 spiro atoms. The molecule has 1 N–H and O–H groups in total. The maximum absolute atomic E-state index is 12.4. The Balaban J connectivity index is 1.55. The van der Waals surface area contributed by atoms with E-state index in [-0.39, 0.29) is 17.7 Å². The summed E-state index contributed by atoms with van der Waals surface area (Å²) >= 11 is 0. The number of hydrogen-bond donors (Lipinski definition) is 1. The summed E-state index contributed by atoms with van der Waals surface area (Å²) in [6.07, 6.45) is 2.04. The lowest BCUT2D eigenvalue weighted by molar-refractivity contribution is -0.119. The molecule has 0 aliphatic heterocycles. The van der Waals surface area contributed by atoms with E-state index >= 15 is 0 Å². The lowest BCUT2D eigenvalue weighted by atomic mass is 10.0. The SMILES string of the molecule is CC(=O)NC(C)Cc1ccc(C#Cc2ccc(C(=O)CCc3ccccc3)cc2)cc1. The van der Waals surface area contributed by atoms with Crippen LogP contribution in [-0.2, 0) is 17.6 Å². The minimum absolute atomic E-state index is 0.0149. The van der Waals surface area contributed by atoms with Crippen molar-refractivity contribution in [2.24, 2.45) is 0 Å². The van der Waals surface area contributed by atoms with Crippen LogP contribution in [0.4, 0.5) is 0 Å². The highest BCUT2D eigenvalue weighted by molar-refractivity contribution is 5.96. The number of Topliss-reactive ketones (excluding diaryl/α,β-unsaturated/α-hetero) is 1. The van der Waals surface area contributed by atoms with Crippen LogP contribution in [0, 0.1) is 11.8 Å². The fourth-order valence-corrected chi connectivity index (χ4v) is 3.41. The van der Waals surface area contributed by atoms with Crippen LogP contribution in [0.3, 0.4) is 0 Å². The standard InChI is InChI=1S/C28H27NO2/c1-21(29-22(2)30)20-26-12-10-24(11-13-26)8-9-25-14-17-27(18-15-25)28(31)19-16-23-6-4-3-5-7-23/h3-7,10-15,17-18,21H,16,19-20H2,1-2H3,(H,29,30). The predicted molar refractivity (Wildman–Crippen MR) is 125 cm³/mol. The van der Waals surface area contributed by atoms with Crippen molar-refractivity contribution in [2.75, 3.05) is 0 Å². The van der Waals surface area contributed by atoms with Crippen molar-refractivity contribution < 1.29 is 9.59 Å². The quantitative estimate of drug-likeness (QED) is 0.442. The number of hydrogen-bond acceptors (Lipinski definition) is 2. The van der Waals surface area contributed by atoms with Gasteiger partial charge in [0.1, 0.15) is 0 Å². The van der Waals surface area contributed by atoms with E-state index in [1.54, 1.807) is 0 Å². The number of amides is 1. The average molecular weight is 410 g/mol. The summed E-state index contributed by atoms with van der Waals surface area (Å²) in [5.74, 6) is 6.45. The first-order valence-electron chi connectivity index (χ1n) is 10.5. The van der Waals surface area contributed by atoms with Crippen LogP contribution in [0.2, 0.25) is 0 Å². The van der Waals surface area contributed by atoms with Crippen LogP contribution in [0.25, 0.3) is 0 Å². The van der Waals surface area contributed by atoms with E-state index in [0.29, 0.717) is 6.42 Å². The summed E-state index contributed by atoms with van der Waals surface area (Å²) in [4.78, 5) is 23.5. The highest BCUT2D eigenvalue weighted by atomic mass is 16.1. The second-order valence-corrected chi connectivity index (χ2v) is 7.74. The van der Waals surface area contributed by atoms with E-state index < -0.39 is 0 Å². The second kappa shape index (κ2) is 10.9. The zero-order chi connectivity index (χ0) is 22.1. The Labute approximate surface area is 184 Å². The number of ketones is 1. The molecular weight excluding hydrogens is 382 g/mol. The maximum atomic E-state index is 12.4. The number of aryl methyl sites for hydroxylation is 1. The van der Waals surface area contributed by atoms with Gasteiger partial charge < -0.3 is 5.32 Å². The van der Waals surface area contributed by atoms with Crippen molar-refractivity contribution in [3.63, 3.8) is 0 Å². The summed E-state index contributed by atoms with van der Waals surface area (Å²) in [5.41, 5.74) is 4.86. The molecule has 0 aliphatic carbocycles. The molecule has 0 aromatic heterocycles. The Hall–Kier alpha value is -3.64. The summed E-state index contributed by atoms with van der Waals surface area (Å²) < 4.78 is 0. The number of benzene rings is 3. The molecule has 3 heteroatoms. The van der Waals surface area contributed by atoms with Gasteiger partial charge in [0.25, 0.3) is 0 Å². The molecule has 31 heavy (non-hydrogen) atoms. The van der Waals surface area contributed by atoms with Gasteiger partial charge in [0.05, 0.1) is 0 Å². The third-order valence-electron chi connectivity index (χ3n) is 4.99. The molecule has 0 aliphatic rings. The van der Waals surface area contributed by atoms with Crippen molar-refractivity contribution in [2.45, 2.75) is 39.2 Å². The summed E-state index contributed by atoms with van der Waals surface area (Å²) in [6.45, 7) is 3.52. The van der Waals surface area contributed by atoms with Gasteiger partial charge in [0.2, 0.25) is 5.91 Å². The van der Waals surface area contributed by atoms with E-state index in [2.05, 4.69) is 17.2 Å². The molecule has 3 aromatic carbocycles. The van der Waals surface area contributed by atoms with Gasteiger partial charge in [-0.25, -0.2) is 0 Å². The minimum atomic E-state index is -0.0149. The monoisotopic (exact) mass is 409 g/mol. The number of carbonyl (C=O) groups is 2. The lowest BCUT2D eigenvalue weighted by Gasteiger charge is -2.12. The summed E-state index contributed by atoms with van der Waals surface area (Å²) in [5, 5.41) is 2.89. The van der Waals surface area contributed by atoms with Crippen LogP contribution in [-0.4, -0.2) is 17.7 Å². The predicted octanol–water partition coefficient (Wildman–Crippen LogP) is 4.97. The van der Waals surface area contributed by atoms with Gasteiger partial charge in [-0.1, -0.05) is 66.4 Å². The molecule has 0 radical (unpaired) electrons. The molecule has 3 nitrogen and oxygen atoms in total. The molecule has 3 aromatic rings. The molecule has 1 atom stereocenters. The molecule has 0 fully saturated rings. The fourth-order valence-electron chi connectivity index (χ4n) is 3.41. The van der Waals surface area contributed by atoms with Gasteiger partial charge in [-0.05, 0) is 55.2 Å². The van der Waals surface area contributed by atoms with Gasteiger partial charge in [-0.15, -0.1) is 0 Å². The largest absolute Gasteiger partial charge is 0.354 e. The van der Waals surface area contributed by atoms with Gasteiger partial charge >= 0.3 is 0 Å². The van der Waals surface area contributed by atoms with Crippen LogP contribution >= 0.6 is 0 Å². The maximum Gasteiger partial charge on any atom is 0.217 e. The molecule has 0 saturated heterocycles. The number of carbonyl (C=O) groups excluding carboxylic acids is 2. The molecule has 156 valence electrons. The highest BCUT2D eigenvalue weighted by Crippen LogP contribution is 2.11. The van der Waals surface area contributed by atoms with Crippen LogP contribution < -0.4 is 5.32 Å². The zero-order valence-corrected chi connectivity index (χ0v) is 18.0. The van der Waals surface area contributed by atoms with Crippen LogP contribution in [0.1, 0.15) is 52.9 Å². The van der Waals surface area contributed by atoms with Crippen LogP contribution in [0.5, 0.6) is 0 Å². The second-order valence-electron chi connectivity index (χ2n) is 7.74. The van der Waals surface area contributed by atoms with Gasteiger partial charge in [-0.2, -0.15) is 0 Å². The molecule has 1 amide bonds. The Morgan fingerprint density at radius 2 is 1.39 bits per heavy atom. The van der Waals surface area contributed by atoms with Crippen molar-refractivity contribution in [3.8, 4) is 11.8 Å². The van der Waals surface area contributed by atoms with E-state index in [9.17, 15) is 9.59 Å². The smallest absolute Gasteiger partial charge is 0.217 e. The summed E-state index contributed by atoms with van der Waals surface area (Å²) in [6, 6.07) is 25.7. The molecule has 3 rings (SSSR count). The molecule has 0 heterocycles. The topological polar surface area (TPSA) is 46.2 Å². The number of rotatable bonds is 7. The Morgan fingerprint density at radius 1 is 0.806 bits per heavy atom. The normalized spacial score (nSPS) is 11.2. The van der Waals surface area contributed by atoms with Crippen molar-refractivity contribution in [1.82, 2.24) is 5.32 Å². The average Bonchev–Trinajstić information content (AvgIpc) is 2.77. The zero-order valence-electron chi connectivity index (χ0n) is 18.0. The molecule has 0 saturated carbocycles. The first-order valence-corrected chi connectivity index (χ1v) is 10.5. The van der Waals surface area contributed by atoms with E-state index in [1.807, 2.05) is 85.8 Å².